The summed E-state index contributed by atoms with van der Waals surface area (Å²) in [7, 11) is -4.68. The molecule has 0 aliphatic rings. The number of nitrogens with zero attached hydrogens (tertiary/aromatic N) is 3. The zero-order valence-corrected chi connectivity index (χ0v) is 16.2. The molecule has 0 aliphatic heterocycles. The predicted octanol–water partition coefficient (Wildman–Crippen LogP) is 3.17. The highest BCUT2D eigenvalue weighted by atomic mass is 35.5. The molecule has 13 heteroatoms. The maximum absolute atomic E-state index is 12.3. The van der Waals surface area contributed by atoms with Gasteiger partial charge in [-0.15, -0.1) is 5.11 Å². The van der Waals surface area contributed by atoms with Gasteiger partial charge in [-0.25, -0.2) is 0 Å². The van der Waals surface area contributed by atoms with Crippen molar-refractivity contribution in [1.29, 1.82) is 0 Å². The van der Waals surface area contributed by atoms with Gasteiger partial charge in [-0.05, 0) is 31.2 Å². The van der Waals surface area contributed by atoms with Gasteiger partial charge in [-0.1, -0.05) is 23.7 Å². The van der Waals surface area contributed by atoms with Gasteiger partial charge in [0, 0.05) is 6.07 Å². The van der Waals surface area contributed by atoms with E-state index in [0.29, 0.717) is 6.07 Å². The molecular formula is C16H13ClN4O7S. The fourth-order valence-corrected chi connectivity index (χ4v) is 2.78. The number of anilines is 1. The second kappa shape index (κ2) is 8.86. The van der Waals surface area contributed by atoms with Crippen LogP contribution in [0.4, 0.5) is 17.1 Å². The number of hydrogen-bond donors (Lipinski definition) is 2. The number of para-hydroxylation sites is 1. The molecule has 152 valence electrons. The van der Waals surface area contributed by atoms with Crippen LogP contribution in [0.2, 0.25) is 5.02 Å². The predicted molar refractivity (Wildman–Crippen MR) is 102 cm³/mol. The Morgan fingerprint density at radius 2 is 1.90 bits per heavy atom. The summed E-state index contributed by atoms with van der Waals surface area (Å²) < 4.78 is 31.3. The van der Waals surface area contributed by atoms with Crippen molar-refractivity contribution >= 4 is 50.5 Å². The van der Waals surface area contributed by atoms with Gasteiger partial charge in [0.2, 0.25) is 6.04 Å². The molecule has 0 radical (unpaired) electrons. The summed E-state index contributed by atoms with van der Waals surface area (Å²) >= 11 is 5.93. The van der Waals surface area contributed by atoms with Crippen LogP contribution in [0.15, 0.2) is 57.6 Å². The number of halogens is 1. The van der Waals surface area contributed by atoms with E-state index in [2.05, 4.69) is 15.5 Å². The van der Waals surface area contributed by atoms with Crippen LogP contribution in [-0.4, -0.2) is 35.6 Å². The summed E-state index contributed by atoms with van der Waals surface area (Å²) in [6.45, 7) is 1.08. The van der Waals surface area contributed by atoms with Gasteiger partial charge >= 0.3 is 0 Å². The van der Waals surface area contributed by atoms with E-state index < -0.39 is 49.0 Å². The number of rotatable bonds is 7. The van der Waals surface area contributed by atoms with Gasteiger partial charge in [0.25, 0.3) is 21.7 Å². The van der Waals surface area contributed by atoms with Crippen molar-refractivity contribution in [3.63, 3.8) is 0 Å². The van der Waals surface area contributed by atoms with Crippen molar-refractivity contribution in [2.24, 2.45) is 10.2 Å². The maximum Gasteiger partial charge on any atom is 0.298 e. The molecule has 0 aromatic heterocycles. The van der Waals surface area contributed by atoms with E-state index in [1.54, 1.807) is 12.1 Å². The normalized spacial score (nSPS) is 12.5. The Balaban J connectivity index is 2.35. The minimum Gasteiger partial charge on any atom is -0.322 e. The van der Waals surface area contributed by atoms with E-state index in [4.69, 9.17) is 16.2 Å². The van der Waals surface area contributed by atoms with Gasteiger partial charge in [-0.2, -0.15) is 13.5 Å². The lowest BCUT2D eigenvalue weighted by atomic mass is 10.2. The van der Waals surface area contributed by atoms with Crippen LogP contribution in [0.3, 0.4) is 0 Å². The number of nitro groups is 1. The molecule has 0 saturated carbocycles. The van der Waals surface area contributed by atoms with Crippen molar-refractivity contribution < 1.29 is 27.5 Å². The highest BCUT2D eigenvalue weighted by Crippen LogP contribution is 2.30. The summed E-state index contributed by atoms with van der Waals surface area (Å²) in [5.41, 5.74) is -0.985. The number of benzene rings is 2. The molecule has 2 aromatic rings. The summed E-state index contributed by atoms with van der Waals surface area (Å²) in [5.74, 6) is -1.57. The molecule has 0 spiro atoms. The topological polar surface area (TPSA) is 168 Å². The molecule has 2 aromatic carbocycles. The smallest absolute Gasteiger partial charge is 0.298 e. The van der Waals surface area contributed by atoms with Crippen LogP contribution in [0.25, 0.3) is 0 Å². The molecule has 11 nitrogen and oxygen atoms in total. The molecule has 0 saturated heterocycles. The van der Waals surface area contributed by atoms with Crippen molar-refractivity contribution in [1.82, 2.24) is 0 Å². The second-order valence-corrected chi connectivity index (χ2v) is 7.41. The zero-order valence-electron chi connectivity index (χ0n) is 14.6. The van der Waals surface area contributed by atoms with E-state index in [-0.39, 0.29) is 10.7 Å². The molecule has 0 unspecified atom stereocenters. The number of carbonyl (C=O) groups is 2. The number of nitrogens with one attached hydrogen (secondary N) is 1. The van der Waals surface area contributed by atoms with E-state index in [9.17, 15) is 28.1 Å². The Labute approximate surface area is 169 Å². The molecule has 1 amide bonds. The van der Waals surface area contributed by atoms with E-state index in [1.165, 1.54) is 12.1 Å². The van der Waals surface area contributed by atoms with Gasteiger partial charge in [0.15, 0.2) is 11.5 Å². The molecule has 0 bridgehead atoms. The minimum absolute atomic E-state index is 0.219. The number of carbonyl (C=O) groups excluding carboxylic acids is 2. The van der Waals surface area contributed by atoms with E-state index in [1.807, 2.05) is 0 Å². The van der Waals surface area contributed by atoms with Crippen LogP contribution in [0, 0.1) is 10.1 Å². The monoisotopic (exact) mass is 440 g/mol. The highest BCUT2D eigenvalue weighted by Gasteiger charge is 2.25. The Hall–Kier alpha value is -3.22. The first-order valence-electron chi connectivity index (χ1n) is 7.73. The first kappa shape index (κ1) is 22.1. The third-order valence-electron chi connectivity index (χ3n) is 3.49. The Morgan fingerprint density at radius 1 is 1.24 bits per heavy atom. The van der Waals surface area contributed by atoms with Gasteiger partial charge in [0.1, 0.15) is 4.90 Å². The third-order valence-corrected chi connectivity index (χ3v) is 4.67. The minimum atomic E-state index is -4.68. The molecule has 1 atom stereocenters. The van der Waals surface area contributed by atoms with Crippen LogP contribution in [-0.2, 0) is 19.7 Å². The Bertz CT molecular complexity index is 1120. The number of ketones is 1. The van der Waals surface area contributed by atoms with Crippen LogP contribution in [0.5, 0.6) is 0 Å². The standard InChI is InChI=1S/C16H13ClN4O7S/c1-9(22)15(16(23)18-12-5-3-2-4-11(12)17)20-19-13-7-6-10(29(26,27)28)8-14(13)21(24)25/h2-8,15H,1H3,(H,18,23)(H,26,27,28)/t15-/m0/s1. The number of Topliss-reactive ketones (excluding diaryl/α,β-unsaturated/α-hetero) is 1. The van der Waals surface area contributed by atoms with Gasteiger partial charge in [0.05, 0.1) is 15.6 Å². The lowest BCUT2D eigenvalue weighted by Crippen LogP contribution is -2.31. The van der Waals surface area contributed by atoms with Crippen LogP contribution >= 0.6 is 11.6 Å². The molecule has 2 N–H and O–H groups in total. The lowest BCUT2D eigenvalue weighted by Gasteiger charge is -2.10. The summed E-state index contributed by atoms with van der Waals surface area (Å²) in [6, 6.07) is 6.97. The quantitative estimate of drug-likeness (QED) is 0.219. The van der Waals surface area contributed by atoms with Gasteiger partial charge < -0.3 is 5.32 Å². The average molecular weight is 441 g/mol. The van der Waals surface area contributed by atoms with Gasteiger partial charge in [-0.3, -0.25) is 24.3 Å². The fourth-order valence-electron chi connectivity index (χ4n) is 2.10. The third kappa shape index (κ3) is 5.63. The number of hydrogen-bond acceptors (Lipinski definition) is 8. The molecule has 0 fully saturated rings. The molecule has 0 aliphatic carbocycles. The first-order valence-corrected chi connectivity index (χ1v) is 9.55. The average Bonchev–Trinajstić information content (AvgIpc) is 2.62. The second-order valence-electron chi connectivity index (χ2n) is 5.58. The highest BCUT2D eigenvalue weighted by molar-refractivity contribution is 7.85. The number of nitro benzene ring substituents is 1. The fraction of sp³-hybridized carbons (Fsp3) is 0.125. The molecular weight excluding hydrogens is 428 g/mol. The zero-order chi connectivity index (χ0) is 21.8. The molecule has 29 heavy (non-hydrogen) atoms. The molecule has 0 heterocycles. The Kier molecular flexibility index (Phi) is 6.74. The number of azo groups is 1. The first-order chi connectivity index (χ1) is 13.5. The summed E-state index contributed by atoms with van der Waals surface area (Å²) in [4.78, 5) is 33.6. The van der Waals surface area contributed by atoms with Crippen LogP contribution in [0.1, 0.15) is 6.92 Å². The van der Waals surface area contributed by atoms with Crippen molar-refractivity contribution in [2.45, 2.75) is 17.9 Å². The Morgan fingerprint density at radius 3 is 2.45 bits per heavy atom. The van der Waals surface area contributed by atoms with Crippen molar-refractivity contribution in [3.8, 4) is 0 Å². The van der Waals surface area contributed by atoms with Crippen molar-refractivity contribution in [3.05, 3.63) is 57.6 Å². The summed E-state index contributed by atoms with van der Waals surface area (Å²) in [6.07, 6.45) is 0. The number of amides is 1. The van der Waals surface area contributed by atoms with Crippen molar-refractivity contribution in [2.75, 3.05) is 5.32 Å². The maximum atomic E-state index is 12.3. The summed E-state index contributed by atoms with van der Waals surface area (Å²) in [5, 5.41) is 20.9. The molecule has 2 rings (SSSR count). The largest absolute Gasteiger partial charge is 0.322 e. The van der Waals surface area contributed by atoms with E-state index >= 15 is 0 Å². The van der Waals surface area contributed by atoms with Crippen LogP contribution < -0.4 is 5.32 Å². The SMILES string of the molecule is CC(=O)[C@H](N=Nc1ccc(S(=O)(=O)O)cc1[N+](=O)[O-])C(=O)Nc1ccccc1Cl. The van der Waals surface area contributed by atoms with E-state index in [0.717, 1.165) is 19.1 Å². The lowest BCUT2D eigenvalue weighted by molar-refractivity contribution is -0.384.